The maximum Gasteiger partial charge on any atom is 0.260 e. The van der Waals surface area contributed by atoms with Crippen LogP contribution in [0.4, 0.5) is 5.13 Å². The molecule has 1 saturated heterocycles. The van der Waals surface area contributed by atoms with Crippen LogP contribution in [0.2, 0.25) is 0 Å². The van der Waals surface area contributed by atoms with E-state index in [0.717, 1.165) is 37.1 Å². The number of hydrogen-bond acceptors (Lipinski definition) is 7. The molecule has 3 aromatic rings. The number of thiazole rings is 1. The van der Waals surface area contributed by atoms with Gasteiger partial charge in [-0.25, -0.2) is 13.4 Å². The standard InChI is InChI=1S/C25H29N3O4S2.ClH/c1-34(30,31)22-8-4-7-21-23(22)26-25(33-21)28(12-11-27-13-15-32-16-14-27)24(29)20-10-9-18-5-2-3-6-19(18)17-20;/h4,7-10,17H,2-3,5-6,11-16H2,1H3;1H. The van der Waals surface area contributed by atoms with E-state index in [9.17, 15) is 13.2 Å². The van der Waals surface area contributed by atoms with Crippen LogP contribution in [0.5, 0.6) is 0 Å². The first-order valence-corrected chi connectivity index (χ1v) is 14.4. The highest BCUT2D eigenvalue weighted by Crippen LogP contribution is 2.33. The first-order chi connectivity index (χ1) is 16.4. The monoisotopic (exact) mass is 535 g/mol. The highest BCUT2D eigenvalue weighted by Gasteiger charge is 2.25. The highest BCUT2D eigenvalue weighted by molar-refractivity contribution is 7.91. The minimum absolute atomic E-state index is 0. The van der Waals surface area contributed by atoms with Crippen LogP contribution in [0.15, 0.2) is 41.3 Å². The third kappa shape index (κ3) is 5.70. The fourth-order valence-corrected chi connectivity index (χ4v) is 6.61. The molecule has 0 bridgehead atoms. The Labute approximate surface area is 216 Å². The van der Waals surface area contributed by atoms with Crippen molar-refractivity contribution in [1.29, 1.82) is 0 Å². The van der Waals surface area contributed by atoms with Gasteiger partial charge in [0.15, 0.2) is 15.0 Å². The van der Waals surface area contributed by atoms with E-state index in [1.807, 2.05) is 18.2 Å². The summed E-state index contributed by atoms with van der Waals surface area (Å²) in [7, 11) is -3.44. The molecule has 2 aliphatic rings. The van der Waals surface area contributed by atoms with Crippen LogP contribution in [0.1, 0.15) is 34.3 Å². The molecular formula is C25H30ClN3O4S2. The van der Waals surface area contributed by atoms with Crippen molar-refractivity contribution in [3.8, 4) is 0 Å². The molecule has 5 rings (SSSR count). The lowest BCUT2D eigenvalue weighted by atomic mass is 9.90. The number of halogens is 1. The number of carbonyl (C=O) groups is 1. The van der Waals surface area contributed by atoms with E-state index in [1.165, 1.54) is 35.1 Å². The molecule has 0 atom stereocenters. The second-order valence-corrected chi connectivity index (χ2v) is 12.0. The molecule has 1 amide bonds. The summed E-state index contributed by atoms with van der Waals surface area (Å²) in [5.41, 5.74) is 3.68. The van der Waals surface area contributed by atoms with Crippen LogP contribution in [0.25, 0.3) is 10.2 Å². The van der Waals surface area contributed by atoms with Crippen LogP contribution >= 0.6 is 23.7 Å². The Morgan fingerprint density at radius 2 is 1.86 bits per heavy atom. The molecule has 2 aromatic carbocycles. The van der Waals surface area contributed by atoms with Crippen molar-refractivity contribution in [2.75, 3.05) is 50.5 Å². The van der Waals surface area contributed by atoms with E-state index in [-0.39, 0.29) is 23.2 Å². The molecule has 10 heteroatoms. The molecule has 0 saturated carbocycles. The van der Waals surface area contributed by atoms with Gasteiger partial charge < -0.3 is 4.74 Å². The van der Waals surface area contributed by atoms with E-state index in [2.05, 4.69) is 16.0 Å². The lowest BCUT2D eigenvalue weighted by molar-refractivity contribution is 0.0391. The predicted octanol–water partition coefficient (Wildman–Crippen LogP) is 3.98. The van der Waals surface area contributed by atoms with Crippen molar-refractivity contribution < 1.29 is 17.9 Å². The van der Waals surface area contributed by atoms with Crippen molar-refractivity contribution in [2.24, 2.45) is 0 Å². The molecule has 0 radical (unpaired) electrons. The third-order valence-electron chi connectivity index (χ3n) is 6.59. The molecule has 1 aliphatic carbocycles. The van der Waals surface area contributed by atoms with E-state index in [4.69, 9.17) is 4.74 Å². The van der Waals surface area contributed by atoms with Crippen LogP contribution in [0, 0.1) is 0 Å². The number of hydrogen-bond donors (Lipinski definition) is 0. The number of sulfone groups is 1. The van der Waals surface area contributed by atoms with Crippen LogP contribution in [-0.4, -0.2) is 69.9 Å². The molecule has 2 heterocycles. The number of anilines is 1. The lowest BCUT2D eigenvalue weighted by Crippen LogP contribution is -2.43. The van der Waals surface area contributed by atoms with Gasteiger partial charge in [0.25, 0.3) is 5.91 Å². The normalized spacial score (nSPS) is 16.5. The van der Waals surface area contributed by atoms with E-state index < -0.39 is 9.84 Å². The zero-order chi connectivity index (χ0) is 23.7. The van der Waals surface area contributed by atoms with Gasteiger partial charge in [-0.15, -0.1) is 12.4 Å². The second-order valence-electron chi connectivity index (χ2n) is 8.97. The minimum Gasteiger partial charge on any atom is -0.379 e. The number of para-hydroxylation sites is 1. The van der Waals surface area contributed by atoms with Crippen molar-refractivity contribution in [3.05, 3.63) is 53.1 Å². The van der Waals surface area contributed by atoms with Gasteiger partial charge in [0.05, 0.1) is 22.8 Å². The first kappa shape index (κ1) is 26.0. The average molecular weight is 536 g/mol. The largest absolute Gasteiger partial charge is 0.379 e. The van der Waals surface area contributed by atoms with Gasteiger partial charge in [-0.2, -0.15) is 0 Å². The molecule has 188 valence electrons. The zero-order valence-corrected chi connectivity index (χ0v) is 22.2. The number of fused-ring (bicyclic) bond motifs is 2. The van der Waals surface area contributed by atoms with Crippen molar-refractivity contribution >= 4 is 54.8 Å². The summed E-state index contributed by atoms with van der Waals surface area (Å²) in [4.78, 5) is 22.7. The number of ether oxygens (including phenoxy) is 1. The molecule has 1 fully saturated rings. The van der Waals surface area contributed by atoms with Gasteiger partial charge in [0, 0.05) is 38.0 Å². The Hall–Kier alpha value is -2.04. The van der Waals surface area contributed by atoms with Gasteiger partial charge in [-0.05, 0) is 61.1 Å². The quantitative estimate of drug-likeness (QED) is 0.475. The summed E-state index contributed by atoms with van der Waals surface area (Å²) in [5, 5.41) is 0.530. The number of morpholine rings is 1. The van der Waals surface area contributed by atoms with Crippen molar-refractivity contribution in [3.63, 3.8) is 0 Å². The smallest absolute Gasteiger partial charge is 0.260 e. The molecule has 1 aliphatic heterocycles. The van der Waals surface area contributed by atoms with Crippen LogP contribution < -0.4 is 4.90 Å². The van der Waals surface area contributed by atoms with Gasteiger partial charge >= 0.3 is 0 Å². The van der Waals surface area contributed by atoms with Gasteiger partial charge in [-0.3, -0.25) is 14.6 Å². The average Bonchev–Trinajstić information content (AvgIpc) is 3.27. The Balaban J connectivity index is 0.00000289. The second kappa shape index (κ2) is 10.9. The molecule has 0 spiro atoms. The summed E-state index contributed by atoms with van der Waals surface area (Å²) >= 11 is 1.36. The summed E-state index contributed by atoms with van der Waals surface area (Å²) < 4.78 is 30.8. The number of aryl methyl sites for hydroxylation is 2. The SMILES string of the molecule is CS(=O)(=O)c1cccc2sc(N(CCN3CCOCC3)C(=O)c3ccc4c(c3)CCCC4)nc12.Cl. The predicted molar refractivity (Wildman–Crippen MR) is 142 cm³/mol. The highest BCUT2D eigenvalue weighted by atomic mass is 35.5. The topological polar surface area (TPSA) is 79.8 Å². The summed E-state index contributed by atoms with van der Waals surface area (Å²) in [5.74, 6) is -0.0957. The first-order valence-electron chi connectivity index (χ1n) is 11.7. The van der Waals surface area contributed by atoms with Crippen LogP contribution in [0.3, 0.4) is 0 Å². The number of amides is 1. The minimum atomic E-state index is -3.44. The van der Waals surface area contributed by atoms with Crippen molar-refractivity contribution in [1.82, 2.24) is 9.88 Å². The molecule has 35 heavy (non-hydrogen) atoms. The zero-order valence-electron chi connectivity index (χ0n) is 19.7. The van der Waals surface area contributed by atoms with E-state index >= 15 is 0 Å². The Morgan fingerprint density at radius 1 is 1.11 bits per heavy atom. The van der Waals surface area contributed by atoms with Crippen molar-refractivity contribution in [2.45, 2.75) is 30.6 Å². The molecule has 1 aromatic heterocycles. The molecule has 0 unspecified atom stereocenters. The maximum absolute atomic E-state index is 13.8. The summed E-state index contributed by atoms with van der Waals surface area (Å²) in [6.45, 7) is 4.23. The Morgan fingerprint density at radius 3 is 2.60 bits per heavy atom. The summed E-state index contributed by atoms with van der Waals surface area (Å²) in [6.07, 6.45) is 5.60. The molecular weight excluding hydrogens is 506 g/mol. The fourth-order valence-electron chi connectivity index (χ4n) is 4.70. The maximum atomic E-state index is 13.8. The van der Waals surface area contributed by atoms with E-state index in [1.54, 1.807) is 17.0 Å². The fraction of sp³-hybridized carbons (Fsp3) is 0.440. The molecule has 0 N–H and O–H groups in total. The van der Waals surface area contributed by atoms with Gasteiger partial charge in [-0.1, -0.05) is 23.5 Å². The number of rotatable bonds is 6. The lowest BCUT2D eigenvalue weighted by Gasteiger charge is -2.29. The number of carbonyl (C=O) groups excluding carboxylic acids is 1. The number of aromatic nitrogens is 1. The van der Waals surface area contributed by atoms with E-state index in [0.29, 0.717) is 42.5 Å². The van der Waals surface area contributed by atoms with Gasteiger partial charge in [0.2, 0.25) is 0 Å². The number of benzene rings is 2. The number of nitrogens with zero attached hydrogens (tertiary/aromatic N) is 3. The molecule has 7 nitrogen and oxygen atoms in total. The van der Waals surface area contributed by atoms with Crippen LogP contribution in [-0.2, 0) is 27.4 Å². The third-order valence-corrected chi connectivity index (χ3v) is 8.76. The Bertz CT molecular complexity index is 1320. The van der Waals surface area contributed by atoms with Gasteiger partial charge in [0.1, 0.15) is 5.52 Å². The summed E-state index contributed by atoms with van der Waals surface area (Å²) in [6, 6.07) is 11.2. The Kier molecular flexibility index (Phi) is 8.12.